The molecule has 0 aliphatic rings. The van der Waals surface area contributed by atoms with Crippen LogP contribution in [0.1, 0.15) is 19.4 Å². The van der Waals surface area contributed by atoms with E-state index in [0.717, 1.165) is 22.8 Å². The fourth-order valence-electron chi connectivity index (χ4n) is 1.65. The second-order valence-electron chi connectivity index (χ2n) is 4.83. The molecule has 0 unspecified atom stereocenters. The number of likely N-dealkylation sites (N-methyl/N-ethyl adjacent to an activating group) is 1. The Morgan fingerprint density at radius 3 is 2.59 bits per heavy atom. The molecule has 0 amide bonds. The van der Waals surface area contributed by atoms with Gasteiger partial charge in [-0.15, -0.1) is 0 Å². The first-order chi connectivity index (χ1) is 7.92. The van der Waals surface area contributed by atoms with Crippen molar-refractivity contribution < 1.29 is 5.11 Å². The number of rotatable bonds is 5. The Bertz CT molecular complexity index is 380. The molecule has 0 bridgehead atoms. The molecular weight excluding hydrogens is 236 g/mol. The summed E-state index contributed by atoms with van der Waals surface area (Å²) in [5.74, 6) is 0. The molecule has 1 aromatic carbocycles. The topological polar surface area (TPSA) is 35.5 Å². The van der Waals surface area contributed by atoms with E-state index in [9.17, 15) is 5.11 Å². The van der Waals surface area contributed by atoms with Crippen molar-refractivity contribution in [2.75, 3.05) is 25.6 Å². The summed E-state index contributed by atoms with van der Waals surface area (Å²) in [6.07, 6.45) is 0. The van der Waals surface area contributed by atoms with Crippen LogP contribution < -0.4 is 10.2 Å². The predicted octanol–water partition coefficient (Wildman–Crippen LogP) is 2.27. The summed E-state index contributed by atoms with van der Waals surface area (Å²) in [6.45, 7) is 4.86. The van der Waals surface area contributed by atoms with Crippen LogP contribution in [0.3, 0.4) is 0 Å². The van der Waals surface area contributed by atoms with Gasteiger partial charge in [0.15, 0.2) is 0 Å². The Kier molecular flexibility index (Phi) is 4.80. The molecule has 0 radical (unpaired) electrons. The minimum absolute atomic E-state index is 0.102. The van der Waals surface area contributed by atoms with Crippen LogP contribution in [0.5, 0.6) is 0 Å². The molecule has 0 atom stereocenters. The van der Waals surface area contributed by atoms with Crippen molar-refractivity contribution in [2.45, 2.75) is 25.9 Å². The van der Waals surface area contributed by atoms with Crippen LogP contribution in [-0.2, 0) is 6.54 Å². The summed E-state index contributed by atoms with van der Waals surface area (Å²) in [5.41, 5.74) is 1.92. The van der Waals surface area contributed by atoms with E-state index < -0.39 is 0 Å². The number of anilines is 1. The summed E-state index contributed by atoms with van der Waals surface area (Å²) in [5, 5.41) is 13.3. The minimum Gasteiger partial charge on any atom is -0.394 e. The second kappa shape index (κ2) is 5.71. The SMILES string of the molecule is CNCc1cc(Cl)ccc1N(C)C(C)(C)CO. The van der Waals surface area contributed by atoms with Crippen LogP contribution in [0, 0.1) is 0 Å². The first-order valence-corrected chi connectivity index (χ1v) is 6.08. The van der Waals surface area contributed by atoms with E-state index in [1.165, 1.54) is 0 Å². The van der Waals surface area contributed by atoms with E-state index in [1.807, 2.05) is 46.1 Å². The zero-order valence-corrected chi connectivity index (χ0v) is 11.7. The normalized spacial score (nSPS) is 11.6. The highest BCUT2D eigenvalue weighted by Crippen LogP contribution is 2.28. The molecule has 2 N–H and O–H groups in total. The predicted molar refractivity (Wildman–Crippen MR) is 73.8 cm³/mol. The Balaban J connectivity index is 3.12. The summed E-state index contributed by atoms with van der Waals surface area (Å²) in [6, 6.07) is 5.82. The van der Waals surface area contributed by atoms with Gasteiger partial charge >= 0.3 is 0 Å². The van der Waals surface area contributed by atoms with Gasteiger partial charge in [-0.25, -0.2) is 0 Å². The van der Waals surface area contributed by atoms with Crippen molar-refractivity contribution in [3.8, 4) is 0 Å². The minimum atomic E-state index is -0.295. The monoisotopic (exact) mass is 256 g/mol. The summed E-state index contributed by atoms with van der Waals surface area (Å²) in [7, 11) is 3.89. The van der Waals surface area contributed by atoms with Crippen molar-refractivity contribution in [3.05, 3.63) is 28.8 Å². The van der Waals surface area contributed by atoms with Gasteiger partial charge in [-0.05, 0) is 44.7 Å². The average Bonchev–Trinajstić information content (AvgIpc) is 2.29. The third kappa shape index (κ3) is 3.35. The van der Waals surface area contributed by atoms with Crippen molar-refractivity contribution >= 4 is 17.3 Å². The van der Waals surface area contributed by atoms with Gasteiger partial charge in [-0.1, -0.05) is 11.6 Å². The first-order valence-electron chi connectivity index (χ1n) is 5.70. The van der Waals surface area contributed by atoms with Crippen LogP contribution in [0.2, 0.25) is 5.02 Å². The molecule has 0 fully saturated rings. The van der Waals surface area contributed by atoms with Crippen molar-refractivity contribution in [1.82, 2.24) is 5.32 Å². The van der Waals surface area contributed by atoms with E-state index in [2.05, 4.69) is 10.2 Å². The van der Waals surface area contributed by atoms with Gasteiger partial charge in [-0.2, -0.15) is 0 Å². The lowest BCUT2D eigenvalue weighted by atomic mass is 10.0. The number of halogens is 1. The summed E-state index contributed by atoms with van der Waals surface area (Å²) < 4.78 is 0. The van der Waals surface area contributed by atoms with E-state index in [1.54, 1.807) is 0 Å². The molecule has 0 aliphatic heterocycles. The molecule has 0 spiro atoms. The molecule has 0 aliphatic carbocycles. The zero-order valence-electron chi connectivity index (χ0n) is 10.9. The van der Waals surface area contributed by atoms with Crippen molar-refractivity contribution in [2.24, 2.45) is 0 Å². The molecule has 96 valence electrons. The van der Waals surface area contributed by atoms with Crippen molar-refractivity contribution in [3.63, 3.8) is 0 Å². The van der Waals surface area contributed by atoms with E-state index in [0.29, 0.717) is 0 Å². The van der Waals surface area contributed by atoms with Gasteiger partial charge in [0.2, 0.25) is 0 Å². The molecule has 1 aromatic rings. The molecule has 17 heavy (non-hydrogen) atoms. The molecule has 0 saturated carbocycles. The standard InChI is InChI=1S/C13H21ClN2O/c1-13(2,9-17)16(4)12-6-5-11(14)7-10(12)8-15-3/h5-7,15,17H,8-9H2,1-4H3. The van der Waals surface area contributed by atoms with Gasteiger partial charge in [-0.3, -0.25) is 0 Å². The van der Waals surface area contributed by atoms with Crippen LogP contribution in [-0.4, -0.2) is 31.3 Å². The van der Waals surface area contributed by atoms with Gasteiger partial charge in [0, 0.05) is 24.3 Å². The van der Waals surface area contributed by atoms with Crippen LogP contribution >= 0.6 is 11.6 Å². The fraction of sp³-hybridized carbons (Fsp3) is 0.538. The lowest BCUT2D eigenvalue weighted by molar-refractivity contribution is 0.216. The number of hydrogen-bond donors (Lipinski definition) is 2. The van der Waals surface area contributed by atoms with Gasteiger partial charge in [0.25, 0.3) is 0 Å². The maximum atomic E-state index is 9.42. The van der Waals surface area contributed by atoms with E-state index in [4.69, 9.17) is 11.6 Å². The average molecular weight is 257 g/mol. The number of nitrogens with one attached hydrogen (secondary N) is 1. The Labute approximate surface area is 108 Å². The molecule has 0 saturated heterocycles. The molecule has 3 nitrogen and oxygen atoms in total. The van der Waals surface area contributed by atoms with Gasteiger partial charge < -0.3 is 15.3 Å². The third-order valence-corrected chi connectivity index (χ3v) is 3.30. The highest BCUT2D eigenvalue weighted by Gasteiger charge is 2.24. The van der Waals surface area contributed by atoms with Crippen molar-refractivity contribution in [1.29, 1.82) is 0 Å². The molecule has 1 rings (SSSR count). The Morgan fingerprint density at radius 1 is 1.41 bits per heavy atom. The second-order valence-corrected chi connectivity index (χ2v) is 5.27. The maximum Gasteiger partial charge on any atom is 0.0658 e. The van der Waals surface area contributed by atoms with E-state index >= 15 is 0 Å². The quantitative estimate of drug-likeness (QED) is 0.849. The van der Waals surface area contributed by atoms with E-state index in [-0.39, 0.29) is 12.1 Å². The van der Waals surface area contributed by atoms with Crippen LogP contribution in [0.15, 0.2) is 18.2 Å². The molecule has 0 aromatic heterocycles. The van der Waals surface area contributed by atoms with Gasteiger partial charge in [0.1, 0.15) is 0 Å². The highest BCUT2D eigenvalue weighted by molar-refractivity contribution is 6.30. The summed E-state index contributed by atoms with van der Waals surface area (Å²) >= 11 is 6.01. The molecule has 4 heteroatoms. The Morgan fingerprint density at radius 2 is 2.06 bits per heavy atom. The largest absolute Gasteiger partial charge is 0.394 e. The first kappa shape index (κ1) is 14.3. The number of hydrogen-bond acceptors (Lipinski definition) is 3. The van der Waals surface area contributed by atoms with Crippen LogP contribution in [0.25, 0.3) is 0 Å². The number of nitrogens with zero attached hydrogens (tertiary/aromatic N) is 1. The highest BCUT2D eigenvalue weighted by atomic mass is 35.5. The smallest absolute Gasteiger partial charge is 0.0658 e. The fourth-order valence-corrected chi connectivity index (χ4v) is 1.84. The third-order valence-electron chi connectivity index (χ3n) is 3.07. The number of benzene rings is 1. The lowest BCUT2D eigenvalue weighted by Crippen LogP contribution is -2.45. The maximum absolute atomic E-state index is 9.42. The Hall–Kier alpha value is -0.770. The molecular formula is C13H21ClN2O. The summed E-state index contributed by atoms with van der Waals surface area (Å²) in [4.78, 5) is 2.08. The number of aliphatic hydroxyl groups excluding tert-OH is 1. The lowest BCUT2D eigenvalue weighted by Gasteiger charge is -2.37. The molecule has 0 heterocycles. The van der Waals surface area contributed by atoms with Crippen LogP contribution in [0.4, 0.5) is 5.69 Å². The van der Waals surface area contributed by atoms with Gasteiger partial charge in [0.05, 0.1) is 12.1 Å². The number of aliphatic hydroxyl groups is 1. The zero-order chi connectivity index (χ0) is 13.1.